The number of hydrogen-bond donors (Lipinski definition) is 3. The van der Waals surface area contributed by atoms with Crippen molar-refractivity contribution in [2.75, 3.05) is 6.54 Å². The largest absolute Gasteiger partial charge is 0.384 e. The maximum atomic E-state index is 12.1. The Morgan fingerprint density at radius 2 is 1.54 bits per heavy atom. The Morgan fingerprint density at radius 3 is 2.18 bits per heavy atom. The number of rotatable bonds is 5. The number of carbonyl (C=O) groups excluding carboxylic acids is 2. The molecule has 28 heavy (non-hydrogen) atoms. The zero-order valence-electron chi connectivity index (χ0n) is 16.3. The van der Waals surface area contributed by atoms with Gasteiger partial charge in [0.1, 0.15) is 5.60 Å². The first-order valence-corrected chi connectivity index (χ1v) is 9.93. The van der Waals surface area contributed by atoms with Gasteiger partial charge in [-0.3, -0.25) is 9.59 Å². The molecular formula is C23H28N2O3. The fourth-order valence-corrected chi connectivity index (χ4v) is 3.58. The molecule has 1 unspecified atom stereocenters. The van der Waals surface area contributed by atoms with Crippen molar-refractivity contribution in [2.45, 2.75) is 50.7 Å². The zero-order chi connectivity index (χ0) is 20.0. The van der Waals surface area contributed by atoms with Crippen LogP contribution >= 0.6 is 0 Å². The summed E-state index contributed by atoms with van der Waals surface area (Å²) >= 11 is 0. The number of hydrogen-bond acceptors (Lipinski definition) is 3. The average molecular weight is 380 g/mol. The van der Waals surface area contributed by atoms with E-state index in [-0.39, 0.29) is 12.6 Å². The lowest BCUT2D eigenvalue weighted by Gasteiger charge is -2.25. The lowest BCUT2D eigenvalue weighted by molar-refractivity contribution is -0.140. The van der Waals surface area contributed by atoms with Crippen LogP contribution in [0.4, 0.5) is 0 Å². The van der Waals surface area contributed by atoms with Crippen molar-refractivity contribution >= 4 is 11.8 Å². The van der Waals surface area contributed by atoms with Gasteiger partial charge in [0.2, 0.25) is 0 Å². The monoisotopic (exact) mass is 380 g/mol. The van der Waals surface area contributed by atoms with Gasteiger partial charge < -0.3 is 15.7 Å². The Labute approximate surface area is 166 Å². The third kappa shape index (κ3) is 5.20. The van der Waals surface area contributed by atoms with Crippen LogP contribution in [0.5, 0.6) is 0 Å². The van der Waals surface area contributed by atoms with E-state index in [1.165, 1.54) is 6.42 Å². The predicted molar refractivity (Wildman–Crippen MR) is 109 cm³/mol. The van der Waals surface area contributed by atoms with Gasteiger partial charge in [0.25, 0.3) is 0 Å². The first kappa shape index (κ1) is 20.1. The average Bonchev–Trinajstić information content (AvgIpc) is 2.73. The van der Waals surface area contributed by atoms with E-state index < -0.39 is 17.4 Å². The van der Waals surface area contributed by atoms with Crippen molar-refractivity contribution in [3.63, 3.8) is 0 Å². The van der Waals surface area contributed by atoms with Crippen molar-refractivity contribution in [2.24, 2.45) is 0 Å². The van der Waals surface area contributed by atoms with Crippen molar-refractivity contribution in [1.82, 2.24) is 10.6 Å². The standard InChI is InChI=1S/C23H28N2O3/c1-23(28,16-24-21(26)22(27)25-20-10-6-3-7-11-20)19-14-12-18(13-15-19)17-8-4-2-5-9-17/h2,4-5,8-9,12-15,20,28H,3,6-7,10-11,16H2,1H3,(H,24,26)(H,25,27). The molecule has 0 saturated heterocycles. The molecule has 0 aliphatic heterocycles. The van der Waals surface area contributed by atoms with Gasteiger partial charge in [-0.05, 0) is 36.5 Å². The molecule has 2 aromatic rings. The van der Waals surface area contributed by atoms with Crippen LogP contribution in [0.15, 0.2) is 54.6 Å². The summed E-state index contributed by atoms with van der Waals surface area (Å²) < 4.78 is 0. The molecule has 148 valence electrons. The van der Waals surface area contributed by atoms with E-state index in [0.29, 0.717) is 5.56 Å². The van der Waals surface area contributed by atoms with E-state index in [1.54, 1.807) is 6.92 Å². The molecule has 2 aromatic carbocycles. The number of benzene rings is 2. The van der Waals surface area contributed by atoms with Crippen LogP contribution in [0.2, 0.25) is 0 Å². The van der Waals surface area contributed by atoms with Crippen LogP contribution in [-0.2, 0) is 15.2 Å². The van der Waals surface area contributed by atoms with E-state index in [2.05, 4.69) is 10.6 Å². The molecule has 1 aliphatic carbocycles. The molecule has 3 N–H and O–H groups in total. The minimum Gasteiger partial charge on any atom is -0.384 e. The fraction of sp³-hybridized carbons (Fsp3) is 0.391. The SMILES string of the molecule is CC(O)(CNC(=O)C(=O)NC1CCCCC1)c1ccc(-c2ccccc2)cc1. The lowest BCUT2D eigenvalue weighted by Crippen LogP contribution is -2.48. The van der Waals surface area contributed by atoms with Crippen molar-refractivity contribution in [3.05, 3.63) is 60.2 Å². The zero-order valence-corrected chi connectivity index (χ0v) is 16.3. The highest BCUT2D eigenvalue weighted by molar-refractivity contribution is 6.35. The summed E-state index contributed by atoms with van der Waals surface area (Å²) in [6.45, 7) is 1.60. The van der Waals surface area contributed by atoms with Gasteiger partial charge in [-0.15, -0.1) is 0 Å². The van der Waals surface area contributed by atoms with E-state index in [0.717, 1.165) is 36.8 Å². The summed E-state index contributed by atoms with van der Waals surface area (Å²) in [5.41, 5.74) is 1.56. The molecule has 1 aliphatic rings. The molecular weight excluding hydrogens is 352 g/mol. The Bertz CT molecular complexity index is 794. The molecule has 1 fully saturated rings. The third-order valence-electron chi connectivity index (χ3n) is 5.35. The first-order valence-electron chi connectivity index (χ1n) is 9.93. The van der Waals surface area contributed by atoms with Gasteiger partial charge in [0.05, 0.1) is 6.54 Å². The highest BCUT2D eigenvalue weighted by atomic mass is 16.3. The third-order valence-corrected chi connectivity index (χ3v) is 5.35. The molecule has 1 atom stereocenters. The van der Waals surface area contributed by atoms with Crippen molar-refractivity contribution in [3.8, 4) is 11.1 Å². The minimum absolute atomic E-state index is 0.0331. The number of nitrogens with one attached hydrogen (secondary N) is 2. The summed E-state index contributed by atoms with van der Waals surface area (Å²) in [4.78, 5) is 24.2. The molecule has 5 heteroatoms. The van der Waals surface area contributed by atoms with Gasteiger partial charge in [0.15, 0.2) is 0 Å². The first-order chi connectivity index (χ1) is 13.5. The second-order valence-electron chi connectivity index (χ2n) is 7.71. The molecule has 0 bridgehead atoms. The van der Waals surface area contributed by atoms with Crippen molar-refractivity contribution in [1.29, 1.82) is 0 Å². The second kappa shape index (κ2) is 9.02. The van der Waals surface area contributed by atoms with Crippen LogP contribution in [0.25, 0.3) is 11.1 Å². The summed E-state index contributed by atoms with van der Waals surface area (Å²) in [7, 11) is 0. The van der Waals surface area contributed by atoms with Gasteiger partial charge in [0, 0.05) is 6.04 Å². The number of aliphatic hydroxyl groups is 1. The van der Waals surface area contributed by atoms with Crippen molar-refractivity contribution < 1.29 is 14.7 Å². The molecule has 0 radical (unpaired) electrons. The summed E-state index contributed by atoms with van der Waals surface area (Å²) in [5, 5.41) is 16.1. The Hall–Kier alpha value is -2.66. The van der Waals surface area contributed by atoms with Crippen LogP contribution < -0.4 is 10.6 Å². The molecule has 0 spiro atoms. The maximum Gasteiger partial charge on any atom is 0.309 e. The Kier molecular flexibility index (Phi) is 6.47. The van der Waals surface area contributed by atoms with Crippen LogP contribution in [0.1, 0.15) is 44.6 Å². The van der Waals surface area contributed by atoms with Gasteiger partial charge in [-0.2, -0.15) is 0 Å². The molecule has 2 amide bonds. The molecule has 5 nitrogen and oxygen atoms in total. The van der Waals surface area contributed by atoms with E-state index in [1.807, 2.05) is 54.6 Å². The molecule has 1 saturated carbocycles. The number of carbonyl (C=O) groups is 2. The maximum absolute atomic E-state index is 12.1. The summed E-state index contributed by atoms with van der Waals surface area (Å²) in [6.07, 6.45) is 5.19. The molecule has 0 heterocycles. The molecule has 3 rings (SSSR count). The Morgan fingerprint density at radius 1 is 0.929 bits per heavy atom. The topological polar surface area (TPSA) is 78.4 Å². The van der Waals surface area contributed by atoms with E-state index >= 15 is 0 Å². The highest BCUT2D eigenvalue weighted by Gasteiger charge is 2.26. The fourth-order valence-electron chi connectivity index (χ4n) is 3.58. The van der Waals surface area contributed by atoms with Gasteiger partial charge in [-0.25, -0.2) is 0 Å². The second-order valence-corrected chi connectivity index (χ2v) is 7.71. The van der Waals surface area contributed by atoms with Crippen LogP contribution in [0.3, 0.4) is 0 Å². The van der Waals surface area contributed by atoms with Crippen LogP contribution in [0, 0.1) is 0 Å². The predicted octanol–water partition coefficient (Wildman–Crippen LogP) is 3.13. The van der Waals surface area contributed by atoms with E-state index in [9.17, 15) is 14.7 Å². The number of amides is 2. The normalized spacial score (nSPS) is 16.8. The molecule has 0 aromatic heterocycles. The summed E-state index contributed by atoms with van der Waals surface area (Å²) in [5.74, 6) is -1.33. The minimum atomic E-state index is -1.27. The highest BCUT2D eigenvalue weighted by Crippen LogP contribution is 2.24. The van der Waals surface area contributed by atoms with Crippen LogP contribution in [-0.4, -0.2) is 29.5 Å². The van der Waals surface area contributed by atoms with Gasteiger partial charge >= 0.3 is 11.8 Å². The Balaban J connectivity index is 1.55. The smallest absolute Gasteiger partial charge is 0.309 e. The quantitative estimate of drug-likeness (QED) is 0.698. The lowest BCUT2D eigenvalue weighted by atomic mass is 9.93. The van der Waals surface area contributed by atoms with E-state index in [4.69, 9.17) is 0 Å². The summed E-state index contributed by atoms with van der Waals surface area (Å²) in [6, 6.07) is 17.6. The van der Waals surface area contributed by atoms with Gasteiger partial charge in [-0.1, -0.05) is 73.9 Å².